The fourth-order valence-electron chi connectivity index (χ4n) is 12.4. The van der Waals surface area contributed by atoms with E-state index in [0.717, 1.165) is 78.0 Å². The van der Waals surface area contributed by atoms with Crippen molar-refractivity contribution in [1.82, 2.24) is 0 Å². The van der Waals surface area contributed by atoms with E-state index < -0.39 is 0 Å². The van der Waals surface area contributed by atoms with E-state index in [2.05, 4.69) is 245 Å². The predicted molar refractivity (Wildman–Crippen MR) is 309 cm³/mol. The van der Waals surface area contributed by atoms with Crippen LogP contribution in [0.1, 0.15) is 75.6 Å². The molecule has 11 aromatic carbocycles. The molecule has 2 aromatic heterocycles. The zero-order chi connectivity index (χ0) is 49.3. The van der Waals surface area contributed by atoms with Crippen LogP contribution < -0.4 is 9.80 Å². The molecule has 73 heavy (non-hydrogen) atoms. The summed E-state index contributed by atoms with van der Waals surface area (Å²) in [4.78, 5) is 4.76. The first-order valence-corrected chi connectivity index (χ1v) is 25.8. The largest absolute Gasteiger partial charge is 0.454 e. The van der Waals surface area contributed by atoms with Gasteiger partial charge in [0.2, 0.25) is 0 Å². The second-order valence-corrected chi connectivity index (χ2v) is 21.2. The maximum absolute atomic E-state index is 6.74. The molecular weight excluding hydrogens is 889 g/mol. The Balaban J connectivity index is 0.944. The summed E-state index contributed by atoms with van der Waals surface area (Å²) >= 11 is 0. The van der Waals surface area contributed by atoms with Gasteiger partial charge in [0, 0.05) is 49.7 Å². The van der Waals surface area contributed by atoms with Crippen molar-refractivity contribution in [3.05, 3.63) is 229 Å². The van der Waals surface area contributed by atoms with E-state index in [-0.39, 0.29) is 5.41 Å². The molecule has 0 amide bonds. The van der Waals surface area contributed by atoms with Crippen LogP contribution in [0.25, 0.3) is 87.3 Å². The molecule has 0 saturated heterocycles. The highest BCUT2D eigenvalue weighted by Gasteiger charge is 2.40. The Hall–Kier alpha value is -8.60. The number of hydrogen-bond donors (Lipinski definition) is 0. The van der Waals surface area contributed by atoms with Crippen LogP contribution in [-0.4, -0.2) is 0 Å². The summed E-state index contributed by atoms with van der Waals surface area (Å²) < 4.78 is 13.5. The Morgan fingerprint density at radius 2 is 0.822 bits per heavy atom. The Bertz CT molecular complexity index is 4360. The molecule has 0 bridgehead atoms. The van der Waals surface area contributed by atoms with Gasteiger partial charge in [-0.1, -0.05) is 175 Å². The average molecular weight is 943 g/mol. The van der Waals surface area contributed by atoms with E-state index >= 15 is 0 Å². The van der Waals surface area contributed by atoms with E-state index in [4.69, 9.17) is 8.83 Å². The molecule has 0 spiro atoms. The molecule has 14 rings (SSSR count). The lowest BCUT2D eigenvalue weighted by Gasteiger charge is -2.28. The molecule has 0 saturated carbocycles. The lowest BCUT2D eigenvalue weighted by atomic mass is 9.77. The Kier molecular flexibility index (Phi) is 9.60. The van der Waals surface area contributed by atoms with Gasteiger partial charge in [0.25, 0.3) is 0 Å². The first kappa shape index (κ1) is 43.2. The van der Waals surface area contributed by atoms with E-state index in [9.17, 15) is 0 Å². The maximum atomic E-state index is 6.74. The van der Waals surface area contributed by atoms with E-state index in [1.54, 1.807) is 0 Å². The molecule has 4 heteroatoms. The van der Waals surface area contributed by atoms with Crippen LogP contribution in [-0.2, 0) is 5.41 Å². The Labute approximate surface area is 425 Å². The van der Waals surface area contributed by atoms with Gasteiger partial charge in [-0.3, -0.25) is 0 Å². The number of nitrogens with zero attached hydrogens (tertiary/aromatic N) is 2. The highest BCUT2D eigenvalue weighted by atomic mass is 16.3. The number of fused-ring (bicyclic) bond motifs is 16. The molecule has 0 aliphatic heterocycles. The fraction of sp³-hybridized carbons (Fsp3) is 0.130. The van der Waals surface area contributed by atoms with E-state index in [1.165, 1.54) is 65.7 Å². The second kappa shape index (κ2) is 16.2. The first-order chi connectivity index (χ1) is 35.6. The van der Waals surface area contributed by atoms with Crippen LogP contribution >= 0.6 is 0 Å². The smallest absolute Gasteiger partial charge is 0.159 e. The van der Waals surface area contributed by atoms with Gasteiger partial charge < -0.3 is 18.6 Å². The third-order valence-electron chi connectivity index (χ3n) is 15.9. The van der Waals surface area contributed by atoms with Gasteiger partial charge >= 0.3 is 0 Å². The molecular formula is C69H54N2O2. The number of anilines is 6. The van der Waals surface area contributed by atoms with Crippen molar-refractivity contribution in [1.29, 1.82) is 0 Å². The van der Waals surface area contributed by atoms with Crippen molar-refractivity contribution in [3.63, 3.8) is 0 Å². The number of benzene rings is 11. The van der Waals surface area contributed by atoms with Crippen molar-refractivity contribution < 1.29 is 8.83 Å². The van der Waals surface area contributed by atoms with Crippen LogP contribution in [0.3, 0.4) is 0 Å². The minimum atomic E-state index is -0.325. The van der Waals surface area contributed by atoms with Gasteiger partial charge in [0.1, 0.15) is 11.2 Å². The monoisotopic (exact) mass is 942 g/mol. The lowest BCUT2D eigenvalue weighted by molar-refractivity contribution is 0.668. The summed E-state index contributed by atoms with van der Waals surface area (Å²) in [5.41, 5.74) is 17.6. The highest BCUT2D eigenvalue weighted by Crippen LogP contribution is 2.57. The molecule has 4 nitrogen and oxygen atoms in total. The fourth-order valence-corrected chi connectivity index (χ4v) is 12.4. The molecule has 352 valence electrons. The molecule has 1 aliphatic carbocycles. The summed E-state index contributed by atoms with van der Waals surface area (Å²) in [5.74, 6) is 0.854. The quantitative estimate of drug-likeness (QED) is 0.142. The van der Waals surface area contributed by atoms with Crippen molar-refractivity contribution in [2.24, 2.45) is 0 Å². The molecule has 13 aromatic rings. The molecule has 2 heterocycles. The lowest BCUT2D eigenvalue weighted by Crippen LogP contribution is -2.16. The van der Waals surface area contributed by atoms with Gasteiger partial charge in [-0.05, 0) is 150 Å². The maximum Gasteiger partial charge on any atom is 0.159 e. The minimum absolute atomic E-state index is 0.325. The summed E-state index contributed by atoms with van der Waals surface area (Å²) in [5, 5.41) is 11.9. The van der Waals surface area contributed by atoms with Gasteiger partial charge in [0.15, 0.2) is 11.2 Å². The van der Waals surface area contributed by atoms with Crippen molar-refractivity contribution in [2.75, 3.05) is 9.80 Å². The van der Waals surface area contributed by atoms with Crippen molar-refractivity contribution in [3.8, 4) is 11.1 Å². The molecule has 0 radical (unpaired) electrons. The number of para-hydroxylation sites is 4. The molecule has 0 N–H and O–H groups in total. The SMILES string of the molecule is CC(C)c1ccc(N(c2ccc3c4c(ccc3c2)-c2c(c3ccc(N(c5ccc(C(C)C)cc5)c5cccc6c5oc5ccccc56)cc3c3ccccc23)C4(C)C)c2cccc3c2oc2ccccc23)cc1. The minimum Gasteiger partial charge on any atom is -0.454 e. The third kappa shape index (κ3) is 6.52. The highest BCUT2D eigenvalue weighted by molar-refractivity contribution is 6.21. The number of hydrogen-bond acceptors (Lipinski definition) is 4. The molecule has 0 fully saturated rings. The number of rotatable bonds is 8. The normalized spacial score (nSPS) is 13.2. The van der Waals surface area contributed by atoms with Crippen LogP contribution in [0.5, 0.6) is 0 Å². The third-order valence-corrected chi connectivity index (χ3v) is 15.9. The summed E-state index contributed by atoms with van der Waals surface area (Å²) in [6, 6.07) is 75.8. The van der Waals surface area contributed by atoms with E-state index in [0.29, 0.717) is 11.8 Å². The van der Waals surface area contributed by atoms with Gasteiger partial charge in [-0.25, -0.2) is 0 Å². The van der Waals surface area contributed by atoms with Crippen LogP contribution in [0.2, 0.25) is 0 Å². The topological polar surface area (TPSA) is 32.8 Å². The standard InChI is InChI=1S/C69H54N2O2/c1-41(2)43-25-30-46(31-26-43)70(60-21-13-19-56-52-16-9-11-23-62(52)72-67(56)60)48-34-37-50-45(39-48)29-36-58-64-54-18-8-7-15-51(54)59-40-49(35-38-55(59)66(64)69(5,6)65(50)58)71(47-32-27-44(28-33-47)42(3)4)61-22-14-20-57-53-17-10-12-24-63(53)73-68(57)61/h7-42H,1-6H3. The van der Waals surface area contributed by atoms with Gasteiger partial charge in [0.05, 0.1) is 11.4 Å². The van der Waals surface area contributed by atoms with Gasteiger partial charge in [-0.2, -0.15) is 0 Å². The summed E-state index contributed by atoms with van der Waals surface area (Å²) in [6.07, 6.45) is 0. The Morgan fingerprint density at radius 3 is 1.37 bits per heavy atom. The molecule has 1 aliphatic rings. The second-order valence-electron chi connectivity index (χ2n) is 21.2. The van der Waals surface area contributed by atoms with Crippen molar-refractivity contribution >= 4 is 110 Å². The zero-order valence-electron chi connectivity index (χ0n) is 42.0. The molecule has 0 atom stereocenters. The van der Waals surface area contributed by atoms with Crippen LogP contribution in [0.4, 0.5) is 34.1 Å². The van der Waals surface area contributed by atoms with Crippen LogP contribution in [0, 0.1) is 0 Å². The summed E-state index contributed by atoms with van der Waals surface area (Å²) in [7, 11) is 0. The molecule has 0 unspecified atom stereocenters. The van der Waals surface area contributed by atoms with E-state index in [1.807, 2.05) is 12.1 Å². The predicted octanol–water partition coefficient (Wildman–Crippen LogP) is 20.4. The van der Waals surface area contributed by atoms with Crippen LogP contribution in [0.15, 0.2) is 215 Å². The number of furan rings is 2. The average Bonchev–Trinajstić information content (AvgIpc) is 4.08. The Morgan fingerprint density at radius 1 is 0.356 bits per heavy atom. The van der Waals surface area contributed by atoms with Crippen molar-refractivity contribution in [2.45, 2.75) is 58.8 Å². The van der Waals surface area contributed by atoms with Gasteiger partial charge in [-0.15, -0.1) is 0 Å². The summed E-state index contributed by atoms with van der Waals surface area (Å²) in [6.45, 7) is 13.9. The first-order valence-electron chi connectivity index (χ1n) is 25.8. The zero-order valence-corrected chi connectivity index (χ0v) is 42.0.